The molecule has 35 heavy (non-hydrogen) atoms. The minimum absolute atomic E-state index is 0. The highest BCUT2D eigenvalue weighted by molar-refractivity contribution is 9.10. The van der Waals surface area contributed by atoms with Gasteiger partial charge in [0.1, 0.15) is 16.3 Å². The van der Waals surface area contributed by atoms with E-state index in [9.17, 15) is 23.1 Å². The van der Waals surface area contributed by atoms with E-state index in [1.54, 1.807) is 24.3 Å². The fraction of sp³-hybridized carbons (Fsp3) is 0.273. The van der Waals surface area contributed by atoms with Crippen molar-refractivity contribution in [1.29, 1.82) is 0 Å². The molecule has 0 unspecified atom stereocenters. The number of hydrogen-bond acceptors (Lipinski definition) is 8. The van der Waals surface area contributed by atoms with Crippen LogP contribution >= 0.6 is 39.9 Å². The van der Waals surface area contributed by atoms with E-state index in [0.717, 1.165) is 6.54 Å². The molecule has 13 heteroatoms. The molecule has 4 rings (SSSR count). The average Bonchev–Trinajstić information content (AvgIpc) is 3.03. The Labute approximate surface area is 222 Å². The summed E-state index contributed by atoms with van der Waals surface area (Å²) < 4.78 is 28.7. The lowest BCUT2D eigenvalue weighted by Crippen LogP contribution is -2.36. The summed E-state index contributed by atoms with van der Waals surface area (Å²) in [6.45, 7) is 1.84. The lowest BCUT2D eigenvalue weighted by molar-refractivity contribution is 0.346. The number of likely N-dealkylation sites (N-methyl/N-ethyl adjacent to an activating group) is 1. The number of halogens is 3. The summed E-state index contributed by atoms with van der Waals surface area (Å²) in [6.07, 6.45) is 0.639. The second-order valence-corrected chi connectivity index (χ2v) is 11.1. The summed E-state index contributed by atoms with van der Waals surface area (Å²) in [7, 11) is -2.20. The van der Waals surface area contributed by atoms with Crippen molar-refractivity contribution in [3.05, 3.63) is 66.3 Å². The Morgan fingerprint density at radius 3 is 2.23 bits per heavy atom. The van der Waals surface area contributed by atoms with Gasteiger partial charge >= 0.3 is 0 Å². The van der Waals surface area contributed by atoms with Crippen molar-refractivity contribution >= 4 is 72.7 Å². The van der Waals surface area contributed by atoms with Crippen LogP contribution in [0.3, 0.4) is 0 Å². The van der Waals surface area contributed by atoms with Crippen LogP contribution in [0.5, 0.6) is 5.75 Å². The summed E-state index contributed by atoms with van der Waals surface area (Å²) in [5.41, 5.74) is -1.09. The van der Waals surface area contributed by atoms with Crippen molar-refractivity contribution in [1.82, 2.24) is 9.21 Å². The van der Waals surface area contributed by atoms with E-state index in [2.05, 4.69) is 26.6 Å². The summed E-state index contributed by atoms with van der Waals surface area (Å²) >= 11 is 9.58. The number of nitrogens with zero attached hydrogens (tertiary/aromatic N) is 2. The van der Waals surface area contributed by atoms with Gasteiger partial charge in [0.05, 0.1) is 16.4 Å². The van der Waals surface area contributed by atoms with Crippen LogP contribution in [0, 0.1) is 0 Å². The predicted octanol–water partition coefficient (Wildman–Crippen LogP) is 3.64. The smallest absolute Gasteiger partial charge is 0.253 e. The zero-order valence-corrected chi connectivity index (χ0v) is 22.5. The van der Waals surface area contributed by atoms with Gasteiger partial charge in [0.15, 0.2) is 5.75 Å². The number of rotatable bonds is 6. The van der Waals surface area contributed by atoms with Crippen LogP contribution in [0.2, 0.25) is 5.02 Å². The lowest BCUT2D eigenvalue weighted by Gasteiger charge is -2.23. The first-order valence-corrected chi connectivity index (χ1v) is 13.0. The molecule has 0 saturated carbocycles. The van der Waals surface area contributed by atoms with Crippen LogP contribution in [0.4, 0.5) is 22.7 Å². The molecular formula is C22H23BrCl2N4O5S. The normalized spacial score (nSPS) is 15.4. The van der Waals surface area contributed by atoms with Gasteiger partial charge in [0.25, 0.3) is 10.9 Å². The first kappa shape index (κ1) is 27.4. The second-order valence-electron chi connectivity index (χ2n) is 7.97. The van der Waals surface area contributed by atoms with E-state index in [0.29, 0.717) is 23.1 Å². The third-order valence-corrected chi connectivity index (χ3v) is 8.76. The van der Waals surface area contributed by atoms with Gasteiger partial charge in [-0.05, 0) is 60.2 Å². The Balaban J connectivity index is 0.00000342. The van der Waals surface area contributed by atoms with Gasteiger partial charge in [-0.25, -0.2) is 8.42 Å². The second kappa shape index (κ2) is 10.9. The molecule has 0 spiro atoms. The molecule has 0 aliphatic carbocycles. The fourth-order valence-corrected chi connectivity index (χ4v) is 6.19. The maximum Gasteiger partial charge on any atom is 0.253 e. The third-order valence-electron chi connectivity index (χ3n) is 5.66. The summed E-state index contributed by atoms with van der Waals surface area (Å²) in [5, 5.41) is 16.4. The standard InChI is InChI=1S/C22H22BrClN4O5S.ClH/c1-27-9-4-10-28(12-11-27)34(32,33)22-14(24)7-8-16(19(22)29)26-18-17(20(30)21(18)31)25-15-6-3-2-5-13(15)23;/h2-3,5-8,25-26,29H,4,9-12H2,1H3;1H. The van der Waals surface area contributed by atoms with Gasteiger partial charge in [0.2, 0.25) is 10.0 Å². The van der Waals surface area contributed by atoms with Crippen LogP contribution in [-0.4, -0.2) is 56.0 Å². The predicted molar refractivity (Wildman–Crippen MR) is 143 cm³/mol. The van der Waals surface area contributed by atoms with Crippen molar-refractivity contribution in [2.24, 2.45) is 0 Å². The Morgan fingerprint density at radius 1 is 0.943 bits per heavy atom. The Kier molecular flexibility index (Phi) is 8.51. The first-order valence-electron chi connectivity index (χ1n) is 10.4. The highest BCUT2D eigenvalue weighted by atomic mass is 79.9. The van der Waals surface area contributed by atoms with Crippen LogP contribution in [0.25, 0.3) is 0 Å². The summed E-state index contributed by atoms with van der Waals surface area (Å²) in [5.74, 6) is -0.620. The molecule has 0 bridgehead atoms. The molecule has 1 aliphatic rings. The van der Waals surface area contributed by atoms with E-state index >= 15 is 0 Å². The van der Waals surface area contributed by atoms with Crippen molar-refractivity contribution < 1.29 is 13.5 Å². The highest BCUT2D eigenvalue weighted by Gasteiger charge is 2.33. The molecule has 0 atom stereocenters. The number of aromatic hydroxyl groups is 1. The number of hydrogen-bond donors (Lipinski definition) is 3. The monoisotopic (exact) mass is 604 g/mol. The fourth-order valence-electron chi connectivity index (χ4n) is 3.75. The number of benzene rings is 2. The topological polar surface area (TPSA) is 119 Å². The SMILES string of the molecule is CN1CCCN(S(=O)(=O)c2c(Cl)ccc(Nc3c(Nc4ccccc4Br)c(=O)c3=O)c2O)CC1.Cl. The third kappa shape index (κ3) is 5.35. The Hall–Kier alpha value is -2.15. The van der Waals surface area contributed by atoms with Gasteiger partial charge < -0.3 is 20.6 Å². The van der Waals surface area contributed by atoms with E-state index in [1.165, 1.54) is 16.4 Å². The van der Waals surface area contributed by atoms with Crippen molar-refractivity contribution in [2.45, 2.75) is 11.3 Å². The quantitative estimate of drug-likeness (QED) is 0.288. The number of phenols is 1. The number of para-hydroxylation sites is 1. The molecule has 3 N–H and O–H groups in total. The zero-order chi connectivity index (χ0) is 24.6. The first-order chi connectivity index (χ1) is 16.1. The molecule has 1 aliphatic heterocycles. The van der Waals surface area contributed by atoms with Crippen molar-refractivity contribution in [2.75, 3.05) is 43.9 Å². The van der Waals surface area contributed by atoms with E-state index < -0.39 is 31.5 Å². The van der Waals surface area contributed by atoms with Gasteiger partial charge in [-0.1, -0.05) is 23.7 Å². The van der Waals surface area contributed by atoms with Crippen molar-refractivity contribution in [3.63, 3.8) is 0 Å². The van der Waals surface area contributed by atoms with Crippen LogP contribution < -0.4 is 21.5 Å². The van der Waals surface area contributed by atoms with E-state index in [4.69, 9.17) is 11.6 Å². The molecule has 9 nitrogen and oxygen atoms in total. The molecule has 3 aromatic carbocycles. The molecule has 0 aromatic heterocycles. The summed E-state index contributed by atoms with van der Waals surface area (Å²) in [6, 6.07) is 9.72. The molecule has 1 fully saturated rings. The molecule has 3 aromatic rings. The lowest BCUT2D eigenvalue weighted by atomic mass is 10.1. The largest absolute Gasteiger partial charge is 0.504 e. The van der Waals surface area contributed by atoms with E-state index in [1.807, 2.05) is 11.9 Å². The summed E-state index contributed by atoms with van der Waals surface area (Å²) in [4.78, 5) is 26.0. The van der Waals surface area contributed by atoms with Gasteiger partial charge in [-0.15, -0.1) is 12.4 Å². The van der Waals surface area contributed by atoms with E-state index in [-0.39, 0.29) is 47.6 Å². The number of nitrogens with one attached hydrogen (secondary N) is 2. The molecule has 0 radical (unpaired) electrons. The number of anilines is 4. The van der Waals surface area contributed by atoms with Gasteiger partial charge in [0, 0.05) is 24.1 Å². The minimum atomic E-state index is -4.11. The molecule has 1 heterocycles. The number of sulfonamides is 1. The minimum Gasteiger partial charge on any atom is -0.504 e. The van der Waals surface area contributed by atoms with Crippen LogP contribution in [0.1, 0.15) is 6.42 Å². The zero-order valence-electron chi connectivity index (χ0n) is 18.5. The molecule has 188 valence electrons. The maximum atomic E-state index is 13.4. The highest BCUT2D eigenvalue weighted by Crippen LogP contribution is 2.40. The molecule has 0 amide bonds. The maximum absolute atomic E-state index is 13.4. The Bertz CT molecular complexity index is 1430. The van der Waals surface area contributed by atoms with Crippen LogP contribution in [-0.2, 0) is 10.0 Å². The molecular weight excluding hydrogens is 583 g/mol. The van der Waals surface area contributed by atoms with Gasteiger partial charge in [-0.3, -0.25) is 9.59 Å². The number of phenolic OH excluding ortho intramolecular Hbond substituents is 1. The van der Waals surface area contributed by atoms with Gasteiger partial charge in [-0.2, -0.15) is 4.31 Å². The average molecular weight is 606 g/mol. The molecule has 1 saturated heterocycles. The van der Waals surface area contributed by atoms with Crippen LogP contribution in [0.15, 0.2) is 55.4 Å². The van der Waals surface area contributed by atoms with Crippen molar-refractivity contribution in [3.8, 4) is 5.75 Å². The Morgan fingerprint density at radius 2 is 1.57 bits per heavy atom.